The van der Waals surface area contributed by atoms with Crippen LogP contribution in [-0.2, 0) is 13.6 Å². The molecule has 0 saturated heterocycles. The number of halogens is 1. The van der Waals surface area contributed by atoms with Gasteiger partial charge in [0, 0.05) is 31.5 Å². The van der Waals surface area contributed by atoms with Crippen LogP contribution in [0.5, 0.6) is 5.75 Å². The van der Waals surface area contributed by atoms with E-state index in [1.165, 1.54) is 6.07 Å². The van der Waals surface area contributed by atoms with Gasteiger partial charge in [0.15, 0.2) is 11.6 Å². The van der Waals surface area contributed by atoms with Crippen LogP contribution in [0.15, 0.2) is 30.5 Å². The first-order valence-electron chi connectivity index (χ1n) is 6.35. The van der Waals surface area contributed by atoms with Gasteiger partial charge in [-0.3, -0.25) is 0 Å². The van der Waals surface area contributed by atoms with Crippen LogP contribution in [0.25, 0.3) is 0 Å². The van der Waals surface area contributed by atoms with E-state index >= 15 is 0 Å². The molecule has 0 atom stereocenters. The van der Waals surface area contributed by atoms with Crippen LogP contribution in [-0.4, -0.2) is 11.2 Å². The number of ether oxygens (including phenoxy) is 1. The van der Waals surface area contributed by atoms with E-state index in [4.69, 9.17) is 10.00 Å². The average Bonchev–Trinajstić information content (AvgIpc) is 2.80. The monoisotopic (exact) mass is 273 g/mol. The van der Waals surface area contributed by atoms with Gasteiger partial charge < -0.3 is 14.6 Å². The molecule has 0 unspecified atom stereocenters. The second-order valence-electron chi connectivity index (χ2n) is 4.39. The quantitative estimate of drug-likeness (QED) is 0.911. The molecule has 1 N–H and O–H groups in total. The minimum Gasteiger partial charge on any atom is -0.491 e. The molecule has 0 fully saturated rings. The summed E-state index contributed by atoms with van der Waals surface area (Å²) < 4.78 is 20.6. The number of nitrogens with zero attached hydrogens (tertiary/aromatic N) is 2. The molecular weight excluding hydrogens is 257 g/mol. The predicted molar refractivity (Wildman–Crippen MR) is 75.0 cm³/mol. The summed E-state index contributed by atoms with van der Waals surface area (Å²) in [5.74, 6) is -0.132. The van der Waals surface area contributed by atoms with Crippen molar-refractivity contribution in [1.29, 1.82) is 5.26 Å². The summed E-state index contributed by atoms with van der Waals surface area (Å²) in [6, 6.07) is 8.68. The van der Waals surface area contributed by atoms with E-state index in [1.54, 1.807) is 22.8 Å². The molecule has 5 heteroatoms. The van der Waals surface area contributed by atoms with Gasteiger partial charge in [0.25, 0.3) is 0 Å². The lowest BCUT2D eigenvalue weighted by molar-refractivity contribution is 0.321. The number of hydrogen-bond donors (Lipinski definition) is 1. The lowest BCUT2D eigenvalue weighted by atomic mass is 10.2. The first-order valence-corrected chi connectivity index (χ1v) is 6.35. The Morgan fingerprint density at radius 2 is 2.20 bits per heavy atom. The number of nitriles is 1. The van der Waals surface area contributed by atoms with Crippen LogP contribution in [0.4, 0.5) is 10.1 Å². The molecule has 2 aromatic rings. The Hall–Kier alpha value is -2.48. The first kappa shape index (κ1) is 13.9. The molecule has 0 bridgehead atoms. The van der Waals surface area contributed by atoms with Crippen molar-refractivity contribution in [2.45, 2.75) is 13.5 Å². The maximum Gasteiger partial charge on any atom is 0.167 e. The van der Waals surface area contributed by atoms with Crippen LogP contribution < -0.4 is 10.1 Å². The summed E-state index contributed by atoms with van der Waals surface area (Å²) in [5.41, 5.74) is 2.24. The van der Waals surface area contributed by atoms with Crippen LogP contribution in [0.1, 0.15) is 18.2 Å². The second-order valence-corrected chi connectivity index (χ2v) is 4.39. The van der Waals surface area contributed by atoms with Crippen LogP contribution in [0.3, 0.4) is 0 Å². The van der Waals surface area contributed by atoms with E-state index in [9.17, 15) is 4.39 Å². The minimum atomic E-state index is -0.386. The molecule has 0 aliphatic rings. The molecule has 1 aromatic carbocycles. The fourth-order valence-corrected chi connectivity index (χ4v) is 1.93. The van der Waals surface area contributed by atoms with E-state index < -0.39 is 0 Å². The Kier molecular flexibility index (Phi) is 4.26. The molecule has 0 aliphatic heterocycles. The number of hydrogen-bond acceptors (Lipinski definition) is 3. The van der Waals surface area contributed by atoms with Crippen molar-refractivity contribution in [2.75, 3.05) is 11.9 Å². The topological polar surface area (TPSA) is 50.0 Å². The van der Waals surface area contributed by atoms with Gasteiger partial charge in [-0.15, -0.1) is 0 Å². The lowest BCUT2D eigenvalue weighted by Crippen LogP contribution is -2.00. The molecule has 0 amide bonds. The van der Waals surface area contributed by atoms with Gasteiger partial charge in [0.2, 0.25) is 0 Å². The third-order valence-electron chi connectivity index (χ3n) is 2.90. The predicted octanol–water partition coefficient (Wildman–Crippen LogP) is 3.05. The maximum atomic E-state index is 13.7. The molecule has 1 aromatic heterocycles. The van der Waals surface area contributed by atoms with Gasteiger partial charge in [-0.05, 0) is 30.7 Å². The Morgan fingerprint density at radius 1 is 1.40 bits per heavy atom. The highest BCUT2D eigenvalue weighted by Crippen LogP contribution is 2.21. The summed E-state index contributed by atoms with van der Waals surface area (Å²) in [4.78, 5) is 0. The number of anilines is 1. The Morgan fingerprint density at radius 3 is 2.80 bits per heavy atom. The molecule has 104 valence electrons. The van der Waals surface area contributed by atoms with Gasteiger partial charge in [0.05, 0.1) is 6.61 Å². The van der Waals surface area contributed by atoms with Crippen molar-refractivity contribution in [1.82, 2.24) is 4.57 Å². The van der Waals surface area contributed by atoms with Gasteiger partial charge in [-0.25, -0.2) is 4.39 Å². The van der Waals surface area contributed by atoms with Crippen molar-refractivity contribution in [2.24, 2.45) is 7.05 Å². The molecule has 4 nitrogen and oxygen atoms in total. The normalized spacial score (nSPS) is 10.1. The second kappa shape index (κ2) is 6.11. The highest BCUT2D eigenvalue weighted by molar-refractivity contribution is 5.48. The van der Waals surface area contributed by atoms with Crippen LogP contribution >= 0.6 is 0 Å². The van der Waals surface area contributed by atoms with E-state index in [0.717, 1.165) is 5.56 Å². The molecule has 0 spiro atoms. The number of benzene rings is 1. The largest absolute Gasteiger partial charge is 0.491 e. The standard InChI is InChI=1S/C15H16FN3O/c1-3-20-15-5-4-12(7-14(15)16)18-9-11-6-13(8-17)19(2)10-11/h4-7,10,18H,3,9H2,1-2H3. The van der Waals surface area contributed by atoms with Gasteiger partial charge >= 0.3 is 0 Å². The molecule has 2 rings (SSSR count). The van der Waals surface area contributed by atoms with Crippen molar-refractivity contribution < 1.29 is 9.13 Å². The summed E-state index contributed by atoms with van der Waals surface area (Å²) in [5, 5.41) is 12.0. The summed E-state index contributed by atoms with van der Waals surface area (Å²) in [6.07, 6.45) is 1.87. The third kappa shape index (κ3) is 3.09. The van der Waals surface area contributed by atoms with Crippen LogP contribution in [0.2, 0.25) is 0 Å². The highest BCUT2D eigenvalue weighted by atomic mass is 19.1. The van der Waals surface area contributed by atoms with Crippen molar-refractivity contribution in [3.63, 3.8) is 0 Å². The fourth-order valence-electron chi connectivity index (χ4n) is 1.93. The number of aromatic nitrogens is 1. The Labute approximate surface area is 117 Å². The van der Waals surface area contributed by atoms with Crippen LogP contribution in [0, 0.1) is 17.1 Å². The van der Waals surface area contributed by atoms with Gasteiger partial charge in [-0.2, -0.15) is 5.26 Å². The number of nitrogens with one attached hydrogen (secondary N) is 1. The number of rotatable bonds is 5. The number of aryl methyl sites for hydroxylation is 1. The van der Waals surface area contributed by atoms with E-state index in [1.807, 2.05) is 20.2 Å². The van der Waals surface area contributed by atoms with E-state index in [-0.39, 0.29) is 11.6 Å². The lowest BCUT2D eigenvalue weighted by Gasteiger charge is -2.08. The first-order chi connectivity index (χ1) is 9.63. The molecule has 0 saturated carbocycles. The zero-order chi connectivity index (χ0) is 14.5. The Balaban J connectivity index is 2.03. The van der Waals surface area contributed by atoms with Crippen molar-refractivity contribution in [3.8, 4) is 11.8 Å². The SMILES string of the molecule is CCOc1ccc(NCc2cc(C#N)n(C)c2)cc1F. The fraction of sp³-hybridized carbons (Fsp3) is 0.267. The van der Waals surface area contributed by atoms with Gasteiger partial charge in [0.1, 0.15) is 11.8 Å². The molecular formula is C15H16FN3O. The maximum absolute atomic E-state index is 13.7. The minimum absolute atomic E-state index is 0.254. The summed E-state index contributed by atoms with van der Waals surface area (Å²) in [7, 11) is 1.82. The van der Waals surface area contributed by atoms with E-state index in [0.29, 0.717) is 24.5 Å². The van der Waals surface area contributed by atoms with Crippen molar-refractivity contribution >= 4 is 5.69 Å². The molecule has 0 radical (unpaired) electrons. The van der Waals surface area contributed by atoms with Gasteiger partial charge in [-0.1, -0.05) is 0 Å². The smallest absolute Gasteiger partial charge is 0.167 e. The summed E-state index contributed by atoms with van der Waals surface area (Å²) >= 11 is 0. The zero-order valence-electron chi connectivity index (χ0n) is 11.5. The molecule has 20 heavy (non-hydrogen) atoms. The Bertz CT molecular complexity index is 643. The third-order valence-corrected chi connectivity index (χ3v) is 2.90. The zero-order valence-corrected chi connectivity index (χ0v) is 11.5. The highest BCUT2D eigenvalue weighted by Gasteiger charge is 2.05. The van der Waals surface area contributed by atoms with E-state index in [2.05, 4.69) is 11.4 Å². The van der Waals surface area contributed by atoms with Crippen molar-refractivity contribution in [3.05, 3.63) is 47.5 Å². The molecule has 0 aliphatic carbocycles. The average molecular weight is 273 g/mol. The molecule has 1 heterocycles. The summed E-state index contributed by atoms with van der Waals surface area (Å²) in [6.45, 7) is 2.78.